The number of amides is 2. The number of imide groups is 1. The number of piperidine rings is 1. The van der Waals surface area contributed by atoms with E-state index in [2.05, 4.69) is 10.2 Å². The van der Waals surface area contributed by atoms with Crippen LogP contribution in [0.4, 0.5) is 5.69 Å². The molecule has 3 rings (SSSR count). The summed E-state index contributed by atoms with van der Waals surface area (Å²) in [6.45, 7) is 1.01. The number of nitrogens with one attached hydrogen (secondary N) is 1. The number of rotatable bonds is 2. The van der Waals surface area contributed by atoms with Crippen molar-refractivity contribution in [3.63, 3.8) is 0 Å². The van der Waals surface area contributed by atoms with E-state index in [1.54, 1.807) is 0 Å². The topological polar surface area (TPSA) is 58.6 Å². The fourth-order valence-corrected chi connectivity index (χ4v) is 2.54. The third-order valence-corrected chi connectivity index (χ3v) is 3.65. The van der Waals surface area contributed by atoms with E-state index in [4.69, 9.17) is 4.74 Å². The van der Waals surface area contributed by atoms with Crippen LogP contribution in [0.2, 0.25) is 0 Å². The van der Waals surface area contributed by atoms with Crippen LogP contribution in [-0.4, -0.2) is 31.5 Å². The van der Waals surface area contributed by atoms with Crippen LogP contribution in [0, 0.1) is 0 Å². The van der Waals surface area contributed by atoms with Crippen LogP contribution in [0.5, 0.6) is 5.75 Å². The van der Waals surface area contributed by atoms with Gasteiger partial charge in [-0.15, -0.1) is 0 Å². The second kappa shape index (κ2) is 4.57. The summed E-state index contributed by atoms with van der Waals surface area (Å²) in [7, 11) is 2.04. The quantitative estimate of drug-likeness (QED) is 0.801. The average Bonchev–Trinajstić information content (AvgIpc) is 2.75. The first-order valence-electron chi connectivity index (χ1n) is 6.48. The number of anilines is 1. The molecule has 1 aromatic carbocycles. The van der Waals surface area contributed by atoms with E-state index in [-0.39, 0.29) is 11.8 Å². The van der Waals surface area contributed by atoms with E-state index in [0.29, 0.717) is 18.6 Å². The van der Waals surface area contributed by atoms with Crippen molar-refractivity contribution in [3.8, 4) is 5.75 Å². The van der Waals surface area contributed by atoms with Gasteiger partial charge in [0, 0.05) is 38.2 Å². The number of benzene rings is 1. The Morgan fingerprint density at radius 3 is 2.95 bits per heavy atom. The zero-order valence-electron chi connectivity index (χ0n) is 10.8. The van der Waals surface area contributed by atoms with Crippen molar-refractivity contribution in [1.29, 1.82) is 0 Å². The summed E-state index contributed by atoms with van der Waals surface area (Å²) < 4.78 is 5.70. The van der Waals surface area contributed by atoms with E-state index in [0.717, 1.165) is 18.7 Å². The van der Waals surface area contributed by atoms with Gasteiger partial charge in [0.15, 0.2) is 6.10 Å². The molecule has 0 saturated carbocycles. The Bertz CT molecular complexity index is 541. The zero-order valence-corrected chi connectivity index (χ0v) is 10.8. The summed E-state index contributed by atoms with van der Waals surface area (Å²) >= 11 is 0. The minimum Gasteiger partial charge on any atom is -0.481 e. The number of carbonyl (C=O) groups is 2. The van der Waals surface area contributed by atoms with Crippen molar-refractivity contribution < 1.29 is 14.3 Å². The lowest BCUT2D eigenvalue weighted by Crippen LogP contribution is -2.46. The van der Waals surface area contributed by atoms with E-state index in [1.165, 1.54) is 5.56 Å². The fraction of sp³-hybridized carbons (Fsp3) is 0.429. The summed E-state index contributed by atoms with van der Waals surface area (Å²) in [6.07, 6.45) is 1.26. The monoisotopic (exact) mass is 260 g/mol. The third kappa shape index (κ3) is 2.28. The number of hydrogen-bond donors (Lipinski definition) is 1. The molecule has 0 radical (unpaired) electrons. The first-order valence-corrected chi connectivity index (χ1v) is 6.48. The standard InChI is InChI=1S/C14H16N2O3/c1-16-7-6-9-2-3-10(8-11(9)16)19-12-4-5-13(17)15-14(12)18/h2-3,8,12H,4-7H2,1H3,(H,15,17,18). The van der Waals surface area contributed by atoms with Gasteiger partial charge in [-0.3, -0.25) is 14.9 Å². The van der Waals surface area contributed by atoms with Gasteiger partial charge in [0.25, 0.3) is 5.91 Å². The average molecular weight is 260 g/mol. The SMILES string of the molecule is CN1CCc2ccc(OC3CCC(=O)NC3=O)cc21. The van der Waals surface area contributed by atoms with Crippen LogP contribution < -0.4 is 15.0 Å². The van der Waals surface area contributed by atoms with Crippen LogP contribution in [0.3, 0.4) is 0 Å². The van der Waals surface area contributed by atoms with Gasteiger partial charge < -0.3 is 9.64 Å². The van der Waals surface area contributed by atoms with Gasteiger partial charge in [0.2, 0.25) is 5.91 Å². The van der Waals surface area contributed by atoms with Gasteiger partial charge in [0.1, 0.15) is 5.75 Å². The van der Waals surface area contributed by atoms with Gasteiger partial charge in [0.05, 0.1) is 0 Å². The molecule has 1 N–H and O–H groups in total. The number of carbonyl (C=O) groups excluding carboxylic acids is 2. The van der Waals surface area contributed by atoms with Gasteiger partial charge in [-0.2, -0.15) is 0 Å². The van der Waals surface area contributed by atoms with Gasteiger partial charge in [-0.05, 0) is 18.1 Å². The highest BCUT2D eigenvalue weighted by molar-refractivity contribution is 5.99. The van der Waals surface area contributed by atoms with Crippen molar-refractivity contribution in [1.82, 2.24) is 5.32 Å². The van der Waals surface area contributed by atoms with Crippen LogP contribution in [0.25, 0.3) is 0 Å². The van der Waals surface area contributed by atoms with Gasteiger partial charge in [-0.25, -0.2) is 0 Å². The predicted octanol–water partition coefficient (Wildman–Crippen LogP) is 0.863. The third-order valence-electron chi connectivity index (χ3n) is 3.65. The highest BCUT2D eigenvalue weighted by Crippen LogP contribution is 2.31. The number of nitrogens with zero attached hydrogens (tertiary/aromatic N) is 1. The van der Waals surface area contributed by atoms with E-state index in [1.807, 2.05) is 25.2 Å². The number of hydrogen-bond acceptors (Lipinski definition) is 4. The Kier molecular flexibility index (Phi) is 2.89. The second-order valence-electron chi connectivity index (χ2n) is 5.02. The Balaban J connectivity index is 1.75. The molecular weight excluding hydrogens is 244 g/mol. The van der Waals surface area contributed by atoms with E-state index >= 15 is 0 Å². The highest BCUT2D eigenvalue weighted by atomic mass is 16.5. The van der Waals surface area contributed by atoms with E-state index in [9.17, 15) is 9.59 Å². The molecule has 5 heteroatoms. The van der Waals surface area contributed by atoms with Crippen LogP contribution in [0.15, 0.2) is 18.2 Å². The Labute approximate surface area is 111 Å². The Hall–Kier alpha value is -2.04. The van der Waals surface area contributed by atoms with Crippen molar-refractivity contribution >= 4 is 17.5 Å². The molecule has 0 bridgehead atoms. The molecule has 2 heterocycles. The Morgan fingerprint density at radius 1 is 1.32 bits per heavy atom. The molecule has 1 unspecified atom stereocenters. The molecule has 5 nitrogen and oxygen atoms in total. The first kappa shape index (κ1) is 12.0. The molecule has 2 aliphatic rings. The maximum atomic E-state index is 11.6. The lowest BCUT2D eigenvalue weighted by atomic mass is 10.1. The molecule has 1 atom stereocenters. The van der Waals surface area contributed by atoms with Gasteiger partial charge in [-0.1, -0.05) is 6.07 Å². The maximum Gasteiger partial charge on any atom is 0.267 e. The molecule has 0 aromatic heterocycles. The smallest absolute Gasteiger partial charge is 0.267 e. The predicted molar refractivity (Wildman–Crippen MR) is 70.2 cm³/mol. The molecule has 19 heavy (non-hydrogen) atoms. The normalized spacial score (nSPS) is 22.2. The molecular formula is C14H16N2O3. The minimum atomic E-state index is -0.567. The Morgan fingerprint density at radius 2 is 2.16 bits per heavy atom. The minimum absolute atomic E-state index is 0.224. The van der Waals surface area contributed by atoms with Crippen molar-refractivity contribution in [2.45, 2.75) is 25.4 Å². The molecule has 0 spiro atoms. The molecule has 2 aliphatic heterocycles. The summed E-state index contributed by atoms with van der Waals surface area (Å²) in [5.41, 5.74) is 2.46. The number of likely N-dealkylation sites (N-methyl/N-ethyl adjacent to an activating group) is 1. The number of fused-ring (bicyclic) bond motifs is 1. The van der Waals surface area contributed by atoms with Crippen molar-refractivity contribution in [3.05, 3.63) is 23.8 Å². The van der Waals surface area contributed by atoms with E-state index < -0.39 is 6.10 Å². The van der Waals surface area contributed by atoms with Crippen LogP contribution in [-0.2, 0) is 16.0 Å². The lowest BCUT2D eigenvalue weighted by Gasteiger charge is -2.22. The van der Waals surface area contributed by atoms with Crippen molar-refractivity contribution in [2.75, 3.05) is 18.5 Å². The summed E-state index contributed by atoms with van der Waals surface area (Å²) in [5.74, 6) is 0.116. The zero-order chi connectivity index (χ0) is 13.4. The summed E-state index contributed by atoms with van der Waals surface area (Å²) in [5, 5.41) is 2.30. The summed E-state index contributed by atoms with van der Waals surface area (Å²) in [6, 6.07) is 5.90. The molecule has 0 aliphatic carbocycles. The first-order chi connectivity index (χ1) is 9.13. The molecule has 1 saturated heterocycles. The molecule has 100 valence electrons. The molecule has 1 aromatic rings. The maximum absolute atomic E-state index is 11.6. The largest absolute Gasteiger partial charge is 0.481 e. The second-order valence-corrected chi connectivity index (χ2v) is 5.02. The van der Waals surface area contributed by atoms with Crippen LogP contribution in [0.1, 0.15) is 18.4 Å². The lowest BCUT2D eigenvalue weighted by molar-refractivity contribution is -0.138. The highest BCUT2D eigenvalue weighted by Gasteiger charge is 2.28. The van der Waals surface area contributed by atoms with Crippen LogP contribution >= 0.6 is 0 Å². The van der Waals surface area contributed by atoms with Crippen molar-refractivity contribution in [2.24, 2.45) is 0 Å². The summed E-state index contributed by atoms with van der Waals surface area (Å²) in [4.78, 5) is 24.9. The molecule has 2 amide bonds. The molecule has 1 fully saturated rings. The van der Waals surface area contributed by atoms with Gasteiger partial charge >= 0.3 is 0 Å². The number of ether oxygens (including phenoxy) is 1. The fourth-order valence-electron chi connectivity index (χ4n) is 2.54.